The molecule has 1 atom stereocenters. The average molecular weight is 618 g/mol. The van der Waals surface area contributed by atoms with Gasteiger partial charge in [0.25, 0.3) is 0 Å². The number of methoxy groups -OCH3 is 1. The van der Waals surface area contributed by atoms with Crippen molar-refractivity contribution in [2.24, 2.45) is 0 Å². The van der Waals surface area contributed by atoms with Gasteiger partial charge in [-0.3, -0.25) is 4.90 Å². The number of aromatic carboxylic acids is 1. The Bertz CT molecular complexity index is 1810. The molecule has 0 aliphatic carbocycles. The fourth-order valence-electron chi connectivity index (χ4n) is 6.05. The number of carboxylic acids is 1. The fraction of sp³-hybridized carbons (Fsp3) is 0.278. The van der Waals surface area contributed by atoms with Crippen LogP contribution in [0.25, 0.3) is 22.3 Å². The first-order valence-electron chi connectivity index (χ1n) is 14.4. The monoisotopic (exact) mass is 617 g/mol. The first-order valence-corrected chi connectivity index (χ1v) is 14.4. The second-order valence-electron chi connectivity index (χ2n) is 12.0. The third kappa shape index (κ3) is 6.12. The van der Waals surface area contributed by atoms with Crippen LogP contribution in [0.2, 0.25) is 0 Å². The molecule has 6 nitrogen and oxygen atoms in total. The smallest absolute Gasteiger partial charge is 0.416 e. The highest BCUT2D eigenvalue weighted by atomic mass is 19.4. The van der Waals surface area contributed by atoms with Crippen LogP contribution >= 0.6 is 0 Å². The molecule has 0 bridgehead atoms. The lowest BCUT2D eigenvalue weighted by atomic mass is 9.88. The number of carbonyl (C=O) groups excluding carboxylic acids is 1. The first-order chi connectivity index (χ1) is 21.1. The summed E-state index contributed by atoms with van der Waals surface area (Å²) in [4.78, 5) is 26.4. The van der Waals surface area contributed by atoms with Crippen molar-refractivity contribution in [3.63, 3.8) is 0 Å². The number of hydrogen-bond acceptors (Lipinski definition) is 4. The van der Waals surface area contributed by atoms with Crippen LogP contribution < -0.4 is 4.74 Å². The summed E-state index contributed by atoms with van der Waals surface area (Å²) in [5.74, 6) is -0.401. The largest absolute Gasteiger partial charge is 0.496 e. The van der Waals surface area contributed by atoms with Crippen molar-refractivity contribution in [1.29, 1.82) is 0 Å². The molecule has 0 spiro atoms. The van der Waals surface area contributed by atoms with E-state index in [0.717, 1.165) is 51.1 Å². The first kappa shape index (κ1) is 31.6. The number of nitrogens with zero attached hydrogens (tertiary/aromatic N) is 1. The highest BCUT2D eigenvalue weighted by molar-refractivity contribution is 5.89. The van der Waals surface area contributed by atoms with Crippen LogP contribution in [0.3, 0.4) is 0 Å². The molecule has 1 aliphatic heterocycles. The molecule has 0 radical (unpaired) electrons. The minimum atomic E-state index is -4.53. The number of aryl methyl sites for hydroxylation is 3. The number of carboxylic acid groups (broad SMARTS) is 1. The standard InChI is InChI=1S/C36H34F3NO5/c1-20-7-10-29(30-18-23(9-12-31(30)44-6)28-11-8-24(33(41)42)16-22(28)3)26(13-20)19-40-34(43)45-32(35(40,4)5)25-14-21(2)15-27(17-25)36(37,38)39/h7-18,32H,19H2,1-6H3,(H,41,42). The van der Waals surface area contributed by atoms with Crippen molar-refractivity contribution in [3.05, 3.63) is 112 Å². The van der Waals surface area contributed by atoms with Gasteiger partial charge in [0.05, 0.1) is 30.3 Å². The molecule has 1 amide bonds. The number of amides is 1. The van der Waals surface area contributed by atoms with E-state index in [1.165, 1.54) is 0 Å². The van der Waals surface area contributed by atoms with Crippen molar-refractivity contribution < 1.29 is 37.3 Å². The van der Waals surface area contributed by atoms with Crippen molar-refractivity contribution in [1.82, 2.24) is 4.90 Å². The normalized spacial score (nSPS) is 16.1. The Morgan fingerprint density at radius 3 is 2.27 bits per heavy atom. The van der Waals surface area contributed by atoms with E-state index in [1.807, 2.05) is 50.2 Å². The maximum absolute atomic E-state index is 13.6. The summed E-state index contributed by atoms with van der Waals surface area (Å²) in [6.07, 6.45) is -6.08. The van der Waals surface area contributed by atoms with Crippen LogP contribution in [0.4, 0.5) is 18.0 Å². The molecule has 5 rings (SSSR count). The number of cyclic esters (lactones) is 1. The molecule has 45 heavy (non-hydrogen) atoms. The molecule has 1 unspecified atom stereocenters. The van der Waals surface area contributed by atoms with E-state index >= 15 is 0 Å². The van der Waals surface area contributed by atoms with Gasteiger partial charge in [0, 0.05) is 5.56 Å². The van der Waals surface area contributed by atoms with Crippen LogP contribution in [-0.2, 0) is 17.5 Å². The Kier molecular flexibility index (Phi) is 8.16. The zero-order valence-electron chi connectivity index (χ0n) is 25.9. The van der Waals surface area contributed by atoms with Gasteiger partial charge in [-0.15, -0.1) is 0 Å². The molecular formula is C36H34F3NO5. The summed E-state index contributed by atoms with van der Waals surface area (Å²) in [5, 5.41) is 9.40. The molecule has 1 heterocycles. The minimum Gasteiger partial charge on any atom is -0.496 e. The zero-order chi connectivity index (χ0) is 32.8. The number of hydrogen-bond donors (Lipinski definition) is 1. The highest BCUT2D eigenvalue weighted by Crippen LogP contribution is 2.45. The Morgan fingerprint density at radius 1 is 0.911 bits per heavy atom. The quantitative estimate of drug-likeness (QED) is 0.224. The summed E-state index contributed by atoms with van der Waals surface area (Å²) >= 11 is 0. The second-order valence-corrected chi connectivity index (χ2v) is 12.0. The van der Waals surface area contributed by atoms with E-state index in [4.69, 9.17) is 9.47 Å². The van der Waals surface area contributed by atoms with Gasteiger partial charge in [0.2, 0.25) is 0 Å². The van der Waals surface area contributed by atoms with E-state index in [-0.39, 0.29) is 17.7 Å². The Labute approximate surface area is 260 Å². The lowest BCUT2D eigenvalue weighted by Crippen LogP contribution is -2.42. The van der Waals surface area contributed by atoms with Gasteiger partial charge in [-0.1, -0.05) is 47.5 Å². The average Bonchev–Trinajstić information content (AvgIpc) is 3.19. The molecule has 0 saturated carbocycles. The van der Waals surface area contributed by atoms with Crippen LogP contribution in [0.5, 0.6) is 5.75 Å². The molecule has 4 aromatic rings. The lowest BCUT2D eigenvalue weighted by molar-refractivity contribution is -0.137. The molecule has 0 aromatic heterocycles. The summed E-state index contributed by atoms with van der Waals surface area (Å²) in [5.41, 5.74) is 4.98. The third-order valence-electron chi connectivity index (χ3n) is 8.37. The number of rotatable bonds is 7. The van der Waals surface area contributed by atoms with E-state index in [9.17, 15) is 27.9 Å². The number of carbonyl (C=O) groups is 2. The third-order valence-corrected chi connectivity index (χ3v) is 8.37. The summed E-state index contributed by atoms with van der Waals surface area (Å²) in [6, 6.07) is 20.3. The molecule has 9 heteroatoms. The maximum Gasteiger partial charge on any atom is 0.416 e. The van der Waals surface area contributed by atoms with Crippen LogP contribution in [-0.4, -0.2) is 34.7 Å². The maximum atomic E-state index is 13.6. The van der Waals surface area contributed by atoms with Gasteiger partial charge in [-0.25, -0.2) is 9.59 Å². The van der Waals surface area contributed by atoms with Crippen molar-refractivity contribution in [2.75, 3.05) is 7.11 Å². The van der Waals surface area contributed by atoms with Crippen molar-refractivity contribution in [2.45, 2.75) is 59.0 Å². The Hall–Kier alpha value is -4.79. The van der Waals surface area contributed by atoms with E-state index in [0.29, 0.717) is 11.3 Å². The second kappa shape index (κ2) is 11.6. The summed E-state index contributed by atoms with van der Waals surface area (Å²) < 4.78 is 52.4. The molecule has 4 aromatic carbocycles. The fourth-order valence-corrected chi connectivity index (χ4v) is 6.05. The molecular weight excluding hydrogens is 583 g/mol. The predicted octanol–water partition coefficient (Wildman–Crippen LogP) is 9.14. The van der Waals surface area contributed by atoms with Gasteiger partial charge in [0.15, 0.2) is 6.10 Å². The zero-order valence-corrected chi connectivity index (χ0v) is 25.9. The highest BCUT2D eigenvalue weighted by Gasteiger charge is 2.49. The molecule has 1 aliphatic rings. The SMILES string of the molecule is COc1ccc(-c2ccc(C(=O)O)cc2C)cc1-c1ccc(C)cc1CN1C(=O)OC(c2cc(C)cc(C(F)(F)F)c2)C1(C)C. The molecule has 1 fully saturated rings. The van der Waals surface area contributed by atoms with Crippen LogP contribution in [0.1, 0.15) is 63.7 Å². The van der Waals surface area contributed by atoms with Gasteiger partial charge < -0.3 is 14.6 Å². The molecule has 1 N–H and O–H groups in total. The Balaban J connectivity index is 1.55. The van der Waals surface area contributed by atoms with Crippen LogP contribution in [0.15, 0.2) is 72.8 Å². The minimum absolute atomic E-state index is 0.136. The number of benzene rings is 4. The topological polar surface area (TPSA) is 76.1 Å². The van der Waals surface area contributed by atoms with Crippen molar-refractivity contribution >= 4 is 12.1 Å². The Morgan fingerprint density at radius 2 is 1.62 bits per heavy atom. The molecule has 234 valence electrons. The van der Waals surface area contributed by atoms with Gasteiger partial charge in [-0.05, 0) is 104 Å². The van der Waals surface area contributed by atoms with Gasteiger partial charge in [0.1, 0.15) is 5.75 Å². The summed E-state index contributed by atoms with van der Waals surface area (Å²) in [7, 11) is 1.57. The van der Waals surface area contributed by atoms with Gasteiger partial charge >= 0.3 is 18.2 Å². The lowest BCUT2D eigenvalue weighted by Gasteiger charge is -2.33. The van der Waals surface area contributed by atoms with E-state index in [2.05, 4.69) is 0 Å². The molecule has 1 saturated heterocycles. The summed E-state index contributed by atoms with van der Waals surface area (Å²) in [6.45, 7) is 9.10. The number of alkyl halides is 3. The van der Waals surface area contributed by atoms with E-state index in [1.54, 1.807) is 57.0 Å². The number of ether oxygens (including phenoxy) is 2. The van der Waals surface area contributed by atoms with Crippen molar-refractivity contribution in [3.8, 4) is 28.0 Å². The predicted molar refractivity (Wildman–Crippen MR) is 165 cm³/mol. The van der Waals surface area contributed by atoms with Crippen LogP contribution in [0, 0.1) is 20.8 Å². The van der Waals surface area contributed by atoms with Gasteiger partial charge in [-0.2, -0.15) is 13.2 Å². The van der Waals surface area contributed by atoms with E-state index < -0.39 is 35.4 Å². The number of halogens is 3.